The minimum atomic E-state index is -0.0743. The second-order valence-electron chi connectivity index (χ2n) is 8.32. The number of nitrogens with two attached hydrogens (primary N) is 3. The minimum absolute atomic E-state index is 0.0242. The van der Waals surface area contributed by atoms with Crippen LogP contribution in [-0.4, -0.2) is 25.5 Å². The van der Waals surface area contributed by atoms with Gasteiger partial charge in [0.15, 0.2) is 22.9 Å². The number of imidazole rings is 1. The standard InChI is InChI=1S/C27H23N9O2/c1-16-32-23-24(36(16)15-17-6-3-2-4-7-17)34-27(38-22-12-18(14-28)10-11-21(22)29)35-25(23)37-20-9-5-8-19(13-20)33-26(30)31/h2-13H,15,29H2,1H3,(H4,30,31,33). The van der Waals surface area contributed by atoms with Gasteiger partial charge in [-0.25, -0.2) is 9.98 Å². The zero-order chi connectivity index (χ0) is 26.6. The lowest BCUT2D eigenvalue weighted by molar-refractivity contribution is 0.417. The molecule has 2 heterocycles. The number of nitrogen functional groups attached to an aromatic ring is 1. The largest absolute Gasteiger partial charge is 0.437 e. The second-order valence-corrected chi connectivity index (χ2v) is 8.32. The van der Waals surface area contributed by atoms with E-state index in [0.29, 0.717) is 46.2 Å². The molecule has 188 valence electrons. The van der Waals surface area contributed by atoms with E-state index in [1.54, 1.807) is 36.4 Å². The Kier molecular flexibility index (Phi) is 6.44. The summed E-state index contributed by atoms with van der Waals surface area (Å²) in [6.07, 6.45) is 0. The van der Waals surface area contributed by atoms with Gasteiger partial charge in [0.25, 0.3) is 5.88 Å². The van der Waals surface area contributed by atoms with Gasteiger partial charge in [-0.05, 0) is 36.8 Å². The number of anilines is 1. The highest BCUT2D eigenvalue weighted by atomic mass is 16.5. The first kappa shape index (κ1) is 24.1. The lowest BCUT2D eigenvalue weighted by Crippen LogP contribution is -2.21. The SMILES string of the molecule is Cc1nc2c(Oc3cccc(N=C(N)N)c3)nc(Oc3cc(C#N)ccc3N)nc2n1Cc1ccccc1. The number of ether oxygens (including phenoxy) is 2. The molecule has 3 aromatic carbocycles. The van der Waals surface area contributed by atoms with Crippen LogP contribution in [0.4, 0.5) is 11.4 Å². The zero-order valence-electron chi connectivity index (χ0n) is 20.4. The molecule has 0 aliphatic rings. The number of nitriles is 1. The van der Waals surface area contributed by atoms with Crippen LogP contribution in [0.2, 0.25) is 0 Å². The number of nitrogens with zero attached hydrogens (tertiary/aromatic N) is 6. The summed E-state index contributed by atoms with van der Waals surface area (Å²) in [4.78, 5) is 17.9. The number of hydrogen-bond acceptors (Lipinski definition) is 8. The van der Waals surface area contributed by atoms with Crippen molar-refractivity contribution in [1.29, 1.82) is 5.26 Å². The molecule has 6 N–H and O–H groups in total. The monoisotopic (exact) mass is 505 g/mol. The summed E-state index contributed by atoms with van der Waals surface area (Å²) >= 11 is 0. The summed E-state index contributed by atoms with van der Waals surface area (Å²) in [5, 5.41) is 9.29. The molecule has 0 aliphatic carbocycles. The summed E-state index contributed by atoms with van der Waals surface area (Å²) in [6.45, 7) is 2.40. The molecule has 0 unspecified atom stereocenters. The molecule has 38 heavy (non-hydrogen) atoms. The van der Waals surface area contributed by atoms with E-state index in [4.69, 9.17) is 31.7 Å². The van der Waals surface area contributed by atoms with Crippen molar-refractivity contribution >= 4 is 28.5 Å². The third-order valence-electron chi connectivity index (χ3n) is 5.55. The van der Waals surface area contributed by atoms with E-state index in [1.165, 1.54) is 6.07 Å². The predicted octanol–water partition coefficient (Wildman–Crippen LogP) is 4.13. The van der Waals surface area contributed by atoms with Crippen molar-refractivity contribution in [2.45, 2.75) is 13.5 Å². The van der Waals surface area contributed by atoms with Gasteiger partial charge in [0.1, 0.15) is 11.6 Å². The average molecular weight is 506 g/mol. The van der Waals surface area contributed by atoms with E-state index in [9.17, 15) is 5.26 Å². The second kappa shape index (κ2) is 10.2. The quantitative estimate of drug-likeness (QED) is 0.167. The van der Waals surface area contributed by atoms with E-state index >= 15 is 0 Å². The molecule has 11 heteroatoms. The van der Waals surface area contributed by atoms with Crippen LogP contribution in [0.3, 0.4) is 0 Å². The summed E-state index contributed by atoms with van der Waals surface area (Å²) in [6, 6.07) is 23.6. The molecule has 0 aliphatic heterocycles. The van der Waals surface area contributed by atoms with Crippen molar-refractivity contribution in [2.24, 2.45) is 16.5 Å². The van der Waals surface area contributed by atoms with Gasteiger partial charge in [-0.2, -0.15) is 15.2 Å². The van der Waals surface area contributed by atoms with Gasteiger partial charge in [-0.1, -0.05) is 36.4 Å². The maximum Gasteiger partial charge on any atom is 0.327 e. The molecule has 0 amide bonds. The molecule has 5 rings (SSSR count). The van der Waals surface area contributed by atoms with E-state index in [2.05, 4.69) is 21.0 Å². The van der Waals surface area contributed by atoms with Crippen molar-refractivity contribution in [1.82, 2.24) is 19.5 Å². The van der Waals surface area contributed by atoms with E-state index in [-0.39, 0.29) is 23.6 Å². The first-order valence-electron chi connectivity index (χ1n) is 11.5. The maximum atomic E-state index is 9.29. The van der Waals surface area contributed by atoms with E-state index in [1.807, 2.05) is 41.8 Å². The molecule has 0 radical (unpaired) electrons. The van der Waals surface area contributed by atoms with Gasteiger partial charge in [0.05, 0.1) is 29.6 Å². The Hall–Kier alpha value is -5.63. The lowest BCUT2D eigenvalue weighted by Gasteiger charge is -2.11. The summed E-state index contributed by atoms with van der Waals surface area (Å²) in [7, 11) is 0. The molecule has 5 aromatic rings. The molecule has 0 fully saturated rings. The van der Waals surface area contributed by atoms with Gasteiger partial charge in [-0.15, -0.1) is 0 Å². The number of aryl methyl sites for hydroxylation is 1. The normalized spacial score (nSPS) is 10.6. The Morgan fingerprint density at radius 1 is 0.974 bits per heavy atom. The van der Waals surface area contributed by atoms with Crippen LogP contribution in [0.15, 0.2) is 77.8 Å². The molecular weight excluding hydrogens is 482 g/mol. The van der Waals surface area contributed by atoms with Crippen LogP contribution in [0, 0.1) is 18.3 Å². The smallest absolute Gasteiger partial charge is 0.327 e. The highest BCUT2D eigenvalue weighted by Gasteiger charge is 2.20. The number of fused-ring (bicyclic) bond motifs is 1. The predicted molar refractivity (Wildman–Crippen MR) is 143 cm³/mol. The number of aromatic nitrogens is 4. The lowest BCUT2D eigenvalue weighted by atomic mass is 10.2. The van der Waals surface area contributed by atoms with Gasteiger partial charge < -0.3 is 31.2 Å². The Balaban J connectivity index is 1.62. The molecule has 0 bridgehead atoms. The van der Waals surface area contributed by atoms with Gasteiger partial charge >= 0.3 is 6.01 Å². The number of guanidine groups is 1. The van der Waals surface area contributed by atoms with Crippen molar-refractivity contribution in [3.05, 3.63) is 89.7 Å². The Morgan fingerprint density at radius 2 is 1.79 bits per heavy atom. The van der Waals surface area contributed by atoms with Crippen molar-refractivity contribution in [2.75, 3.05) is 5.73 Å². The van der Waals surface area contributed by atoms with Crippen molar-refractivity contribution < 1.29 is 9.47 Å². The number of hydrogen-bond donors (Lipinski definition) is 3. The van der Waals surface area contributed by atoms with Gasteiger partial charge in [0.2, 0.25) is 0 Å². The molecule has 0 spiro atoms. The number of aliphatic imine (C=N–C) groups is 1. The maximum absolute atomic E-state index is 9.29. The van der Waals surface area contributed by atoms with Gasteiger partial charge in [-0.3, -0.25) is 0 Å². The van der Waals surface area contributed by atoms with Crippen LogP contribution >= 0.6 is 0 Å². The van der Waals surface area contributed by atoms with Gasteiger partial charge in [0, 0.05) is 12.1 Å². The molecule has 0 atom stereocenters. The molecule has 11 nitrogen and oxygen atoms in total. The zero-order valence-corrected chi connectivity index (χ0v) is 20.4. The average Bonchev–Trinajstić information content (AvgIpc) is 3.21. The topological polar surface area (TPSA) is 176 Å². The van der Waals surface area contributed by atoms with E-state index < -0.39 is 0 Å². The molecule has 2 aromatic heterocycles. The molecule has 0 saturated carbocycles. The fraction of sp³-hybridized carbons (Fsp3) is 0.0741. The van der Waals surface area contributed by atoms with Crippen LogP contribution in [-0.2, 0) is 6.54 Å². The van der Waals surface area contributed by atoms with Crippen LogP contribution < -0.4 is 26.7 Å². The van der Waals surface area contributed by atoms with Crippen LogP contribution in [0.25, 0.3) is 11.2 Å². The Labute approximate surface area is 217 Å². The first-order chi connectivity index (χ1) is 18.4. The third kappa shape index (κ3) is 5.14. The fourth-order valence-electron chi connectivity index (χ4n) is 3.81. The summed E-state index contributed by atoms with van der Waals surface area (Å²) in [5.41, 5.74) is 20.3. The Morgan fingerprint density at radius 3 is 2.55 bits per heavy atom. The molecule has 0 saturated heterocycles. The van der Waals surface area contributed by atoms with Crippen LogP contribution in [0.5, 0.6) is 23.4 Å². The highest BCUT2D eigenvalue weighted by Crippen LogP contribution is 2.34. The minimum Gasteiger partial charge on any atom is -0.437 e. The van der Waals surface area contributed by atoms with E-state index in [0.717, 1.165) is 5.56 Å². The fourth-order valence-corrected chi connectivity index (χ4v) is 3.81. The third-order valence-corrected chi connectivity index (χ3v) is 5.55. The van der Waals surface area contributed by atoms with Crippen molar-refractivity contribution in [3.63, 3.8) is 0 Å². The summed E-state index contributed by atoms with van der Waals surface area (Å²) < 4.78 is 14.0. The highest BCUT2D eigenvalue weighted by molar-refractivity contribution is 5.80. The molecular formula is C27H23N9O2. The Bertz CT molecular complexity index is 1700. The summed E-state index contributed by atoms with van der Waals surface area (Å²) in [5.74, 6) is 1.47. The van der Waals surface area contributed by atoms with Crippen molar-refractivity contribution in [3.8, 4) is 29.5 Å². The first-order valence-corrected chi connectivity index (χ1v) is 11.5. The number of rotatable bonds is 7. The van der Waals surface area contributed by atoms with Crippen LogP contribution in [0.1, 0.15) is 17.0 Å². The number of benzene rings is 3.